The third-order valence-electron chi connectivity index (χ3n) is 2.93. The molecule has 1 aromatic carbocycles. The van der Waals surface area contributed by atoms with Gasteiger partial charge in [-0.15, -0.1) is 0 Å². The standard InChI is InChI=1S/C14H21NO4S/c1-10(16)12-9-11(15)5-6-13(12)19-7-8-20(17,18)14(2,3)4/h5-6,9H,7-8,15H2,1-4H3. The van der Waals surface area contributed by atoms with Gasteiger partial charge in [0.05, 0.1) is 16.1 Å². The molecule has 0 heterocycles. The van der Waals surface area contributed by atoms with Crippen LogP contribution in [0, 0.1) is 0 Å². The van der Waals surface area contributed by atoms with Gasteiger partial charge in [0.25, 0.3) is 0 Å². The molecule has 0 atom stereocenters. The van der Waals surface area contributed by atoms with Crippen LogP contribution < -0.4 is 10.5 Å². The van der Waals surface area contributed by atoms with Gasteiger partial charge in [-0.25, -0.2) is 8.42 Å². The molecule has 0 bridgehead atoms. The lowest BCUT2D eigenvalue weighted by Crippen LogP contribution is -2.32. The molecule has 6 heteroatoms. The maximum absolute atomic E-state index is 11.9. The van der Waals surface area contributed by atoms with E-state index in [2.05, 4.69) is 0 Å². The largest absolute Gasteiger partial charge is 0.492 e. The number of sulfone groups is 1. The number of Topliss-reactive ketones (excluding diaryl/α,β-unsaturated/α-hetero) is 1. The summed E-state index contributed by atoms with van der Waals surface area (Å²) in [6.07, 6.45) is 0. The summed E-state index contributed by atoms with van der Waals surface area (Å²) >= 11 is 0. The van der Waals surface area contributed by atoms with Crippen molar-refractivity contribution in [1.82, 2.24) is 0 Å². The summed E-state index contributed by atoms with van der Waals surface area (Å²) in [6.45, 7) is 6.35. The molecule has 0 aliphatic rings. The number of carbonyl (C=O) groups is 1. The Labute approximate surface area is 120 Å². The van der Waals surface area contributed by atoms with Crippen molar-refractivity contribution < 1.29 is 17.9 Å². The first kappa shape index (κ1) is 16.5. The Hall–Kier alpha value is -1.56. The van der Waals surface area contributed by atoms with Gasteiger partial charge in [0, 0.05) is 5.69 Å². The molecule has 112 valence electrons. The Morgan fingerprint density at radius 1 is 1.30 bits per heavy atom. The lowest BCUT2D eigenvalue weighted by atomic mass is 10.1. The van der Waals surface area contributed by atoms with Gasteiger partial charge in [-0.1, -0.05) is 0 Å². The Morgan fingerprint density at radius 2 is 1.90 bits per heavy atom. The zero-order chi connectivity index (χ0) is 15.6. The fourth-order valence-corrected chi connectivity index (χ4v) is 2.43. The SMILES string of the molecule is CC(=O)c1cc(N)ccc1OCCS(=O)(=O)C(C)(C)C. The van der Waals surface area contributed by atoms with E-state index in [4.69, 9.17) is 10.5 Å². The summed E-state index contributed by atoms with van der Waals surface area (Å²) in [5.74, 6) is 0.0832. The lowest BCUT2D eigenvalue weighted by Gasteiger charge is -2.19. The third-order valence-corrected chi connectivity index (χ3v) is 5.50. The van der Waals surface area contributed by atoms with Crippen molar-refractivity contribution in [1.29, 1.82) is 0 Å². The van der Waals surface area contributed by atoms with Crippen LogP contribution in [0.15, 0.2) is 18.2 Å². The van der Waals surface area contributed by atoms with E-state index < -0.39 is 14.6 Å². The third kappa shape index (κ3) is 3.96. The molecule has 0 radical (unpaired) electrons. The van der Waals surface area contributed by atoms with Crippen molar-refractivity contribution in [3.05, 3.63) is 23.8 Å². The first-order valence-corrected chi connectivity index (χ1v) is 7.95. The normalized spacial score (nSPS) is 12.2. The topological polar surface area (TPSA) is 86.5 Å². The molecule has 1 aromatic rings. The van der Waals surface area contributed by atoms with Gasteiger partial charge in [-0.2, -0.15) is 0 Å². The minimum atomic E-state index is -3.24. The molecule has 2 N–H and O–H groups in total. The maximum atomic E-state index is 11.9. The molecule has 0 aromatic heterocycles. The second kappa shape index (κ2) is 5.83. The monoisotopic (exact) mass is 299 g/mol. The predicted octanol–water partition coefficient (Wildman–Crippen LogP) is 2.06. The molecule has 0 fully saturated rings. The molecule has 0 aliphatic heterocycles. The van der Waals surface area contributed by atoms with Gasteiger partial charge in [-0.05, 0) is 45.9 Å². The van der Waals surface area contributed by atoms with E-state index in [0.29, 0.717) is 17.0 Å². The number of nitrogen functional groups attached to an aromatic ring is 1. The van der Waals surface area contributed by atoms with Crippen LogP contribution in [0.5, 0.6) is 5.75 Å². The highest BCUT2D eigenvalue weighted by Crippen LogP contribution is 2.22. The molecular weight excluding hydrogens is 278 g/mol. The van der Waals surface area contributed by atoms with E-state index in [9.17, 15) is 13.2 Å². The van der Waals surface area contributed by atoms with Crippen LogP contribution in [0.3, 0.4) is 0 Å². The van der Waals surface area contributed by atoms with Gasteiger partial charge in [0.15, 0.2) is 15.6 Å². The van der Waals surface area contributed by atoms with Crippen LogP contribution in [0.2, 0.25) is 0 Å². The van der Waals surface area contributed by atoms with E-state index in [0.717, 1.165) is 0 Å². The Morgan fingerprint density at radius 3 is 2.40 bits per heavy atom. The van der Waals surface area contributed by atoms with Crippen LogP contribution >= 0.6 is 0 Å². The van der Waals surface area contributed by atoms with Gasteiger partial charge < -0.3 is 10.5 Å². The zero-order valence-corrected chi connectivity index (χ0v) is 13.1. The predicted molar refractivity (Wildman–Crippen MR) is 79.9 cm³/mol. The number of hydrogen-bond acceptors (Lipinski definition) is 5. The van der Waals surface area contributed by atoms with Gasteiger partial charge in [-0.3, -0.25) is 4.79 Å². The van der Waals surface area contributed by atoms with E-state index in [1.807, 2.05) is 0 Å². The molecule has 0 unspecified atom stereocenters. The van der Waals surface area contributed by atoms with Crippen molar-refractivity contribution >= 4 is 21.3 Å². The maximum Gasteiger partial charge on any atom is 0.163 e. The Balaban J connectivity index is 2.80. The second-order valence-corrected chi connectivity index (χ2v) is 8.45. The van der Waals surface area contributed by atoms with Crippen LogP contribution in [0.1, 0.15) is 38.1 Å². The summed E-state index contributed by atoms with van der Waals surface area (Å²) in [7, 11) is -3.24. The summed E-state index contributed by atoms with van der Waals surface area (Å²) in [5.41, 5.74) is 6.44. The number of ketones is 1. The number of benzene rings is 1. The quantitative estimate of drug-likeness (QED) is 0.664. The fourth-order valence-electron chi connectivity index (χ4n) is 1.52. The molecule has 0 saturated carbocycles. The van der Waals surface area contributed by atoms with Crippen LogP contribution in [0.25, 0.3) is 0 Å². The number of hydrogen-bond donors (Lipinski definition) is 1. The summed E-state index contributed by atoms with van der Waals surface area (Å²) < 4.78 is 28.5. The smallest absolute Gasteiger partial charge is 0.163 e. The van der Waals surface area contributed by atoms with E-state index in [-0.39, 0.29) is 18.1 Å². The van der Waals surface area contributed by atoms with Crippen LogP contribution in [-0.2, 0) is 9.84 Å². The highest BCUT2D eigenvalue weighted by Gasteiger charge is 2.28. The van der Waals surface area contributed by atoms with Crippen molar-refractivity contribution in [3.63, 3.8) is 0 Å². The average molecular weight is 299 g/mol. The number of anilines is 1. The molecule has 0 spiro atoms. The molecule has 0 amide bonds. The number of rotatable bonds is 5. The summed E-state index contributed by atoms with van der Waals surface area (Å²) in [4.78, 5) is 11.5. The average Bonchev–Trinajstić information content (AvgIpc) is 2.29. The van der Waals surface area contributed by atoms with Crippen molar-refractivity contribution in [2.75, 3.05) is 18.1 Å². The summed E-state index contributed by atoms with van der Waals surface area (Å²) in [5, 5.41) is 0. The van der Waals surface area contributed by atoms with Gasteiger partial charge >= 0.3 is 0 Å². The molecule has 0 aliphatic carbocycles. The Bertz CT molecular complexity index is 600. The molecule has 20 heavy (non-hydrogen) atoms. The minimum Gasteiger partial charge on any atom is -0.492 e. The van der Waals surface area contributed by atoms with Gasteiger partial charge in [0.1, 0.15) is 12.4 Å². The van der Waals surface area contributed by atoms with Crippen LogP contribution in [0.4, 0.5) is 5.69 Å². The summed E-state index contributed by atoms with van der Waals surface area (Å²) in [6, 6.07) is 4.71. The molecule has 1 rings (SSSR count). The molecular formula is C14H21NO4S. The van der Waals surface area contributed by atoms with Crippen molar-refractivity contribution in [3.8, 4) is 5.75 Å². The first-order chi connectivity index (χ1) is 9.04. The number of nitrogens with two attached hydrogens (primary N) is 1. The number of carbonyl (C=O) groups excluding carboxylic acids is 1. The van der Waals surface area contributed by atoms with E-state index >= 15 is 0 Å². The first-order valence-electron chi connectivity index (χ1n) is 6.30. The molecule has 5 nitrogen and oxygen atoms in total. The zero-order valence-electron chi connectivity index (χ0n) is 12.3. The van der Waals surface area contributed by atoms with Gasteiger partial charge in [0.2, 0.25) is 0 Å². The van der Waals surface area contributed by atoms with Crippen molar-refractivity contribution in [2.24, 2.45) is 0 Å². The van der Waals surface area contributed by atoms with Crippen LogP contribution in [-0.4, -0.2) is 31.3 Å². The molecule has 0 saturated heterocycles. The van der Waals surface area contributed by atoms with E-state index in [1.165, 1.54) is 13.0 Å². The highest BCUT2D eigenvalue weighted by molar-refractivity contribution is 7.92. The second-order valence-electron chi connectivity index (χ2n) is 5.59. The number of ether oxygens (including phenoxy) is 1. The Kier molecular flexibility index (Phi) is 4.81. The van der Waals surface area contributed by atoms with E-state index in [1.54, 1.807) is 32.9 Å². The van der Waals surface area contributed by atoms with Crippen molar-refractivity contribution in [2.45, 2.75) is 32.4 Å². The highest BCUT2D eigenvalue weighted by atomic mass is 32.2. The lowest BCUT2D eigenvalue weighted by molar-refractivity contribution is 0.101. The minimum absolute atomic E-state index is 0.00377. The fraction of sp³-hybridized carbons (Fsp3) is 0.500.